The van der Waals surface area contributed by atoms with Crippen molar-refractivity contribution in [2.75, 3.05) is 19.0 Å². The molecule has 1 aromatic heterocycles. The maximum atomic E-state index is 12.8. The lowest BCUT2D eigenvalue weighted by atomic mass is 10.1. The Bertz CT molecular complexity index is 915. The number of carbonyl (C=O) groups excluding carboxylic acids is 3. The van der Waals surface area contributed by atoms with Crippen LogP contribution in [0, 0.1) is 12.8 Å². The van der Waals surface area contributed by atoms with E-state index < -0.39 is 23.2 Å². The summed E-state index contributed by atoms with van der Waals surface area (Å²) in [7, 11) is 1.25. The number of alkyl halides is 1. The lowest BCUT2D eigenvalue weighted by Gasteiger charge is -2.13. The van der Waals surface area contributed by atoms with E-state index in [2.05, 4.69) is 20.4 Å². The smallest absolute Gasteiger partial charge is 0.328 e. The minimum atomic E-state index is -0.990. The van der Waals surface area contributed by atoms with Crippen LogP contribution in [0.25, 0.3) is 0 Å². The number of hydrogen-bond donors (Lipinski definition) is 2. The minimum absolute atomic E-state index is 0.0593. The van der Waals surface area contributed by atoms with E-state index >= 15 is 0 Å². The zero-order valence-corrected chi connectivity index (χ0v) is 17.5. The van der Waals surface area contributed by atoms with Crippen LogP contribution < -0.4 is 10.6 Å². The van der Waals surface area contributed by atoms with Gasteiger partial charge in [-0.05, 0) is 42.7 Å². The van der Waals surface area contributed by atoms with Crippen LogP contribution in [0.4, 0.5) is 5.69 Å². The Labute approximate surface area is 174 Å². The van der Waals surface area contributed by atoms with Crippen LogP contribution >= 0.6 is 11.6 Å². The van der Waals surface area contributed by atoms with Crippen LogP contribution in [0.5, 0.6) is 0 Å². The quantitative estimate of drug-likeness (QED) is 0.531. The van der Waals surface area contributed by atoms with Crippen LogP contribution in [0.3, 0.4) is 0 Å². The molecule has 0 fully saturated rings. The summed E-state index contributed by atoms with van der Waals surface area (Å²) >= 11 is 6.08. The molecule has 1 unspecified atom stereocenters. The van der Waals surface area contributed by atoms with Gasteiger partial charge in [0.2, 0.25) is 0 Å². The Hall–Kier alpha value is -2.93. The molecule has 0 radical (unpaired) electrons. The van der Waals surface area contributed by atoms with E-state index in [1.54, 1.807) is 43.3 Å². The van der Waals surface area contributed by atoms with Crippen molar-refractivity contribution in [3.8, 4) is 0 Å². The molecular formula is C21H24ClN3O4. The second-order valence-electron chi connectivity index (χ2n) is 6.92. The first kappa shape index (κ1) is 22.4. The van der Waals surface area contributed by atoms with Gasteiger partial charge in [0.15, 0.2) is 5.38 Å². The highest BCUT2D eigenvalue weighted by molar-refractivity contribution is 6.30. The molecular weight excluding hydrogens is 394 g/mol. The molecule has 2 N–H and O–H groups in total. The lowest BCUT2D eigenvalue weighted by Crippen LogP contribution is -2.30. The van der Waals surface area contributed by atoms with Gasteiger partial charge in [-0.25, -0.2) is 4.98 Å². The molecule has 7 nitrogen and oxygen atoms in total. The molecule has 0 saturated carbocycles. The lowest BCUT2D eigenvalue weighted by molar-refractivity contribution is -0.140. The Morgan fingerprint density at radius 3 is 2.52 bits per heavy atom. The molecule has 2 rings (SSSR count). The van der Waals surface area contributed by atoms with Crippen molar-refractivity contribution in [2.45, 2.75) is 26.1 Å². The van der Waals surface area contributed by atoms with E-state index in [9.17, 15) is 14.4 Å². The van der Waals surface area contributed by atoms with Gasteiger partial charge < -0.3 is 15.4 Å². The Balaban J connectivity index is 2.25. The predicted molar refractivity (Wildman–Crippen MR) is 111 cm³/mol. The highest BCUT2D eigenvalue weighted by Crippen LogP contribution is 2.24. The van der Waals surface area contributed by atoms with E-state index in [0.717, 1.165) is 0 Å². The SMILES string of the molecule is COC(=O)C(Cl)c1cccc(NC(=O)c2ccc(C)nc2C(=O)NCC(C)C)c1. The molecule has 8 heteroatoms. The summed E-state index contributed by atoms with van der Waals surface area (Å²) in [4.78, 5) is 41.2. The minimum Gasteiger partial charge on any atom is -0.468 e. The number of nitrogens with one attached hydrogen (secondary N) is 2. The number of aromatic nitrogens is 1. The van der Waals surface area contributed by atoms with Gasteiger partial charge in [-0.3, -0.25) is 14.4 Å². The number of carbonyl (C=O) groups is 3. The maximum absolute atomic E-state index is 12.8. The van der Waals surface area contributed by atoms with Crippen molar-refractivity contribution in [3.63, 3.8) is 0 Å². The molecule has 0 aliphatic carbocycles. The number of pyridine rings is 1. The number of amides is 2. The molecule has 0 spiro atoms. The van der Waals surface area contributed by atoms with Crippen molar-refractivity contribution >= 4 is 35.1 Å². The molecule has 0 bridgehead atoms. The number of hydrogen-bond acceptors (Lipinski definition) is 5. The predicted octanol–water partition coefficient (Wildman–Crippen LogP) is 3.48. The van der Waals surface area contributed by atoms with Crippen LogP contribution in [0.2, 0.25) is 0 Å². The zero-order valence-electron chi connectivity index (χ0n) is 16.8. The number of nitrogens with zero attached hydrogens (tertiary/aromatic N) is 1. The van der Waals surface area contributed by atoms with Crippen molar-refractivity contribution in [2.24, 2.45) is 5.92 Å². The third-order valence-corrected chi connectivity index (χ3v) is 4.44. The Morgan fingerprint density at radius 1 is 1.14 bits per heavy atom. The molecule has 1 aromatic carbocycles. The first-order valence-corrected chi connectivity index (χ1v) is 9.55. The number of esters is 1. The van der Waals surface area contributed by atoms with Crippen molar-refractivity contribution in [1.82, 2.24) is 10.3 Å². The summed E-state index contributed by atoms with van der Waals surface area (Å²) in [6, 6.07) is 9.77. The van der Waals surface area contributed by atoms with Crippen molar-refractivity contribution in [3.05, 3.63) is 58.9 Å². The largest absolute Gasteiger partial charge is 0.468 e. The number of methoxy groups -OCH3 is 1. The molecule has 29 heavy (non-hydrogen) atoms. The summed E-state index contributed by atoms with van der Waals surface area (Å²) in [5.74, 6) is -1.23. The zero-order chi connectivity index (χ0) is 21.6. The van der Waals surface area contributed by atoms with E-state index in [4.69, 9.17) is 11.6 Å². The highest BCUT2D eigenvalue weighted by atomic mass is 35.5. The summed E-state index contributed by atoms with van der Waals surface area (Å²) in [6.45, 7) is 6.17. The number of ether oxygens (including phenoxy) is 1. The number of anilines is 1. The van der Waals surface area contributed by atoms with Crippen LogP contribution in [0.1, 0.15) is 51.3 Å². The average Bonchev–Trinajstić information content (AvgIpc) is 2.70. The fourth-order valence-corrected chi connectivity index (χ4v) is 2.73. The topological polar surface area (TPSA) is 97.4 Å². The summed E-state index contributed by atoms with van der Waals surface area (Å²) in [6.07, 6.45) is 0. The molecule has 0 saturated heterocycles. The summed E-state index contributed by atoms with van der Waals surface area (Å²) in [5.41, 5.74) is 1.74. The standard InChI is InChI=1S/C21H24ClN3O4/c1-12(2)11-23-20(27)18-16(9-8-13(3)24-18)19(26)25-15-7-5-6-14(10-15)17(22)21(28)29-4/h5-10,12,17H,11H2,1-4H3,(H,23,27)(H,25,26). The Kier molecular flexibility index (Phi) is 7.73. The van der Waals surface area contributed by atoms with Crippen LogP contribution in [0.15, 0.2) is 36.4 Å². The first-order chi connectivity index (χ1) is 13.7. The molecule has 0 aliphatic rings. The number of benzene rings is 1. The molecule has 1 heterocycles. The molecule has 0 aliphatic heterocycles. The molecule has 2 aromatic rings. The third kappa shape index (κ3) is 6.02. The van der Waals surface area contributed by atoms with E-state index in [1.165, 1.54) is 7.11 Å². The van der Waals surface area contributed by atoms with Gasteiger partial charge in [0.1, 0.15) is 5.69 Å². The van der Waals surface area contributed by atoms with Gasteiger partial charge in [0.25, 0.3) is 11.8 Å². The van der Waals surface area contributed by atoms with Gasteiger partial charge in [0, 0.05) is 17.9 Å². The number of aryl methyl sites for hydroxylation is 1. The third-order valence-electron chi connectivity index (χ3n) is 4.01. The monoisotopic (exact) mass is 417 g/mol. The molecule has 1 atom stereocenters. The second-order valence-corrected chi connectivity index (χ2v) is 7.35. The number of halogens is 1. The highest BCUT2D eigenvalue weighted by Gasteiger charge is 2.21. The fraction of sp³-hybridized carbons (Fsp3) is 0.333. The van der Waals surface area contributed by atoms with E-state index in [1.807, 2.05) is 13.8 Å². The van der Waals surface area contributed by atoms with Crippen molar-refractivity contribution < 1.29 is 19.1 Å². The second kappa shape index (κ2) is 10.0. The fourth-order valence-electron chi connectivity index (χ4n) is 2.51. The van der Waals surface area contributed by atoms with E-state index in [-0.39, 0.29) is 17.2 Å². The normalized spacial score (nSPS) is 11.7. The van der Waals surface area contributed by atoms with Crippen molar-refractivity contribution in [1.29, 1.82) is 0 Å². The maximum Gasteiger partial charge on any atom is 0.328 e. The van der Waals surface area contributed by atoms with Gasteiger partial charge in [-0.2, -0.15) is 0 Å². The summed E-state index contributed by atoms with van der Waals surface area (Å²) < 4.78 is 4.64. The molecule has 2 amide bonds. The summed E-state index contributed by atoms with van der Waals surface area (Å²) in [5, 5.41) is 4.51. The van der Waals surface area contributed by atoms with Gasteiger partial charge in [-0.1, -0.05) is 26.0 Å². The van der Waals surface area contributed by atoms with Crippen LogP contribution in [-0.2, 0) is 9.53 Å². The van der Waals surface area contributed by atoms with Gasteiger partial charge in [0.05, 0.1) is 12.7 Å². The number of rotatable bonds is 7. The van der Waals surface area contributed by atoms with Gasteiger partial charge in [-0.15, -0.1) is 11.6 Å². The van der Waals surface area contributed by atoms with Crippen LogP contribution in [-0.4, -0.2) is 36.4 Å². The van der Waals surface area contributed by atoms with E-state index in [0.29, 0.717) is 23.5 Å². The average molecular weight is 418 g/mol. The Morgan fingerprint density at radius 2 is 1.86 bits per heavy atom. The molecule has 154 valence electrons. The van der Waals surface area contributed by atoms with Gasteiger partial charge >= 0.3 is 5.97 Å². The first-order valence-electron chi connectivity index (χ1n) is 9.12.